The summed E-state index contributed by atoms with van der Waals surface area (Å²) in [5.74, 6) is 2.14. The molecule has 13 aromatic rings. The van der Waals surface area contributed by atoms with Crippen LogP contribution < -0.4 is 0 Å². The molecule has 0 amide bonds. The van der Waals surface area contributed by atoms with Crippen molar-refractivity contribution in [2.45, 2.75) is 6.92 Å². The Labute approximate surface area is 436 Å². The summed E-state index contributed by atoms with van der Waals surface area (Å²) in [7, 11) is 0. The normalized spacial score (nSPS) is 11.9. The zero-order chi connectivity index (χ0) is 50.2. The Hall–Kier alpha value is -9.97. The second-order valence-corrected chi connectivity index (χ2v) is 18.8. The molecule has 75 heavy (non-hydrogen) atoms. The molecule has 0 radical (unpaired) electrons. The first-order valence-corrected chi connectivity index (χ1v) is 25.4. The molecule has 0 aliphatic rings. The fourth-order valence-corrected chi connectivity index (χ4v) is 10.6. The van der Waals surface area contributed by atoms with Gasteiger partial charge in [0.05, 0.1) is 33.5 Å². The number of hydrogen-bond donors (Lipinski definition) is 0. The Morgan fingerprint density at radius 2 is 0.720 bits per heavy atom. The number of fused-ring (bicyclic) bond motifs is 6. The van der Waals surface area contributed by atoms with Crippen molar-refractivity contribution in [1.82, 2.24) is 24.1 Å². The predicted molar refractivity (Wildman–Crippen MR) is 314 cm³/mol. The van der Waals surface area contributed by atoms with Gasteiger partial charge in [0.1, 0.15) is 11.6 Å². The molecule has 5 nitrogen and oxygen atoms in total. The van der Waals surface area contributed by atoms with Gasteiger partial charge in [-0.2, -0.15) is 0 Å². The number of nitrogens with zero attached hydrogens (tertiary/aromatic N) is 5. The molecule has 4 aromatic heterocycles. The zero-order valence-corrected chi connectivity index (χ0v) is 41.3. The third-order valence-electron chi connectivity index (χ3n) is 14.3. The average molecular weight is 960 g/mol. The molecule has 0 unspecified atom stereocenters. The minimum absolute atomic E-state index is 0.619. The molecule has 0 saturated heterocycles. The molecule has 0 saturated carbocycles. The first-order valence-electron chi connectivity index (χ1n) is 25.4. The minimum Gasteiger partial charge on any atom is -0.294 e. The van der Waals surface area contributed by atoms with E-state index in [1.54, 1.807) is 0 Å². The minimum atomic E-state index is 0.619. The monoisotopic (exact) mass is 959 g/mol. The SMILES string of the molecule is C=C/C(=C\C=C/C)c1cc(-c2cc(-n3c4ccc(-c5ccccc5)cc4c4cc(-c5ccccc5)ccc43)nc(-n3c4ccc(-c5ccccc5)cc4c4cc(-c5ccccc5)ccc43)c2)nc(-c2ccccc2)n1. The molecule has 4 heterocycles. The van der Waals surface area contributed by atoms with Crippen molar-refractivity contribution in [3.8, 4) is 78.8 Å². The second-order valence-electron chi connectivity index (χ2n) is 18.8. The standard InChI is InChI=1S/C70H49N5/c1-3-5-21-47(4-2)62-46-63(72-70(71-62)52-30-19-10-20-31-52)57-44-68(74-64-36-32-53(48-22-11-6-12-23-48)40-58(64)59-41-54(33-37-65(59)74)49-24-13-7-14-25-49)73-69(45-57)75-66-38-34-55(50-26-15-8-16-27-50)42-60(66)61-43-56(35-39-67(61)75)51-28-17-9-18-29-51/h3-46H,2H2,1H3/b5-3-,47-21+. The van der Waals surface area contributed by atoms with Crippen molar-refractivity contribution in [3.63, 3.8) is 0 Å². The van der Waals surface area contributed by atoms with E-state index >= 15 is 0 Å². The number of aromatic nitrogens is 5. The van der Waals surface area contributed by atoms with E-state index in [9.17, 15) is 0 Å². The van der Waals surface area contributed by atoms with Gasteiger partial charge in [-0.3, -0.25) is 9.13 Å². The third-order valence-corrected chi connectivity index (χ3v) is 14.3. The molecular formula is C70H49N5. The smallest absolute Gasteiger partial charge is 0.160 e. The van der Waals surface area contributed by atoms with Crippen LogP contribution in [0.2, 0.25) is 0 Å². The molecule has 0 aliphatic heterocycles. The number of rotatable bonds is 11. The van der Waals surface area contributed by atoms with Crippen LogP contribution in [0.5, 0.6) is 0 Å². The Kier molecular flexibility index (Phi) is 11.5. The molecule has 0 fully saturated rings. The molecule has 0 atom stereocenters. The molecule has 5 heteroatoms. The Bertz CT molecular complexity index is 3930. The van der Waals surface area contributed by atoms with E-state index in [0.717, 1.165) is 128 Å². The van der Waals surface area contributed by atoms with E-state index in [1.807, 2.05) is 49.4 Å². The predicted octanol–water partition coefficient (Wildman–Crippen LogP) is 18.2. The van der Waals surface area contributed by atoms with Crippen LogP contribution in [-0.2, 0) is 0 Å². The molecule has 0 bridgehead atoms. The van der Waals surface area contributed by atoms with Gasteiger partial charge < -0.3 is 0 Å². The van der Waals surface area contributed by atoms with E-state index < -0.39 is 0 Å². The lowest BCUT2D eigenvalue weighted by Crippen LogP contribution is -2.05. The maximum absolute atomic E-state index is 5.81. The lowest BCUT2D eigenvalue weighted by molar-refractivity contribution is 1.01. The summed E-state index contributed by atoms with van der Waals surface area (Å²) < 4.78 is 4.66. The summed E-state index contributed by atoms with van der Waals surface area (Å²) in [6.07, 6.45) is 7.95. The largest absolute Gasteiger partial charge is 0.294 e. The van der Waals surface area contributed by atoms with Crippen LogP contribution in [0, 0.1) is 0 Å². The molecule has 354 valence electrons. The quantitative estimate of drug-likeness (QED) is 0.121. The Balaban J connectivity index is 1.12. The number of benzene rings is 9. The van der Waals surface area contributed by atoms with Gasteiger partial charge >= 0.3 is 0 Å². The van der Waals surface area contributed by atoms with Gasteiger partial charge in [0, 0.05) is 32.7 Å². The highest BCUT2D eigenvalue weighted by molar-refractivity contribution is 6.13. The topological polar surface area (TPSA) is 48.5 Å². The molecular weight excluding hydrogens is 911 g/mol. The zero-order valence-electron chi connectivity index (χ0n) is 41.3. The fraction of sp³-hybridized carbons (Fsp3) is 0.0143. The summed E-state index contributed by atoms with van der Waals surface area (Å²) in [6, 6.07) is 86.4. The van der Waals surface area contributed by atoms with Crippen molar-refractivity contribution in [1.29, 1.82) is 0 Å². The van der Waals surface area contributed by atoms with Gasteiger partial charge in [-0.05, 0) is 124 Å². The summed E-state index contributed by atoms with van der Waals surface area (Å²) >= 11 is 0. The van der Waals surface area contributed by atoms with E-state index in [2.05, 4.69) is 240 Å². The first-order chi connectivity index (χ1) is 37.1. The maximum Gasteiger partial charge on any atom is 0.160 e. The number of allylic oxidation sites excluding steroid dienone is 5. The van der Waals surface area contributed by atoms with Crippen LogP contribution in [0.1, 0.15) is 12.6 Å². The van der Waals surface area contributed by atoms with Crippen LogP contribution in [0.4, 0.5) is 0 Å². The highest BCUT2D eigenvalue weighted by Gasteiger charge is 2.22. The number of hydrogen-bond acceptors (Lipinski definition) is 3. The van der Waals surface area contributed by atoms with Crippen molar-refractivity contribution >= 4 is 49.2 Å². The van der Waals surface area contributed by atoms with Crippen molar-refractivity contribution < 1.29 is 0 Å². The Morgan fingerprint density at radius 1 is 0.360 bits per heavy atom. The van der Waals surface area contributed by atoms with Crippen molar-refractivity contribution in [2.75, 3.05) is 0 Å². The fourth-order valence-electron chi connectivity index (χ4n) is 10.6. The van der Waals surface area contributed by atoms with Crippen LogP contribution >= 0.6 is 0 Å². The van der Waals surface area contributed by atoms with Crippen LogP contribution in [-0.4, -0.2) is 24.1 Å². The molecule has 9 aromatic carbocycles. The first kappa shape index (κ1) is 44.9. The third kappa shape index (κ3) is 8.32. The summed E-state index contributed by atoms with van der Waals surface area (Å²) in [6.45, 7) is 6.24. The van der Waals surface area contributed by atoms with E-state index in [4.69, 9.17) is 15.0 Å². The summed E-state index contributed by atoms with van der Waals surface area (Å²) in [5, 5.41) is 4.54. The van der Waals surface area contributed by atoms with Crippen LogP contribution in [0.3, 0.4) is 0 Å². The lowest BCUT2D eigenvalue weighted by Gasteiger charge is -2.16. The van der Waals surface area contributed by atoms with Crippen LogP contribution in [0.25, 0.3) is 128 Å². The molecule has 13 rings (SSSR count). The van der Waals surface area contributed by atoms with Crippen LogP contribution in [0.15, 0.2) is 274 Å². The highest BCUT2D eigenvalue weighted by Crippen LogP contribution is 2.41. The molecule has 0 aliphatic carbocycles. The number of pyridine rings is 1. The van der Waals surface area contributed by atoms with Gasteiger partial charge in [-0.15, -0.1) is 0 Å². The van der Waals surface area contributed by atoms with Gasteiger partial charge in [0.2, 0.25) is 0 Å². The maximum atomic E-state index is 5.81. The molecule has 0 N–H and O–H groups in total. The highest BCUT2D eigenvalue weighted by atomic mass is 15.1. The van der Waals surface area contributed by atoms with Crippen molar-refractivity contribution in [2.24, 2.45) is 0 Å². The summed E-state index contributed by atoms with van der Waals surface area (Å²) in [4.78, 5) is 16.4. The van der Waals surface area contributed by atoms with Gasteiger partial charge in [0.15, 0.2) is 5.82 Å². The van der Waals surface area contributed by atoms with Gasteiger partial charge in [-0.25, -0.2) is 15.0 Å². The second kappa shape index (κ2) is 19.2. The van der Waals surface area contributed by atoms with Gasteiger partial charge in [0.25, 0.3) is 0 Å². The summed E-state index contributed by atoms with van der Waals surface area (Å²) in [5.41, 5.74) is 17.6. The van der Waals surface area contributed by atoms with Gasteiger partial charge in [-0.1, -0.05) is 207 Å². The van der Waals surface area contributed by atoms with E-state index in [0.29, 0.717) is 5.82 Å². The Morgan fingerprint density at radius 3 is 1.07 bits per heavy atom. The molecule has 0 spiro atoms. The lowest BCUT2D eigenvalue weighted by atomic mass is 10.0. The van der Waals surface area contributed by atoms with Crippen molar-refractivity contribution in [3.05, 3.63) is 279 Å². The average Bonchev–Trinajstić information content (AvgIpc) is 4.00. The van der Waals surface area contributed by atoms with E-state index in [-0.39, 0.29) is 0 Å². The van der Waals surface area contributed by atoms with E-state index in [1.165, 1.54) is 0 Å².